The minimum atomic E-state index is -4.02. The number of H-pyrrole nitrogens is 1. The van der Waals surface area contributed by atoms with Crippen molar-refractivity contribution >= 4 is 15.7 Å². The molecule has 0 radical (unpaired) electrons. The van der Waals surface area contributed by atoms with Gasteiger partial charge in [0.25, 0.3) is 10.0 Å². The number of hydrogen-bond donors (Lipinski definition) is 2. The first-order valence-electron chi connectivity index (χ1n) is 4.94. The molecule has 0 fully saturated rings. The molecule has 94 valence electrons. The second kappa shape index (κ2) is 4.61. The summed E-state index contributed by atoms with van der Waals surface area (Å²) in [5, 5.41) is 0. The Morgan fingerprint density at radius 1 is 1.22 bits per heavy atom. The van der Waals surface area contributed by atoms with Crippen molar-refractivity contribution in [1.29, 1.82) is 0 Å². The van der Waals surface area contributed by atoms with Gasteiger partial charge in [-0.2, -0.15) is 0 Å². The molecule has 1 aromatic heterocycles. The number of sulfonamides is 1. The highest BCUT2D eigenvalue weighted by atomic mass is 32.2. The first kappa shape index (κ1) is 12.3. The fourth-order valence-electron chi connectivity index (χ4n) is 1.37. The molecule has 1 aromatic carbocycles. The second-order valence-electron chi connectivity index (χ2n) is 3.49. The Morgan fingerprint density at radius 3 is 2.67 bits per heavy atom. The third-order valence-electron chi connectivity index (χ3n) is 2.15. The maximum absolute atomic E-state index is 12.9. The lowest BCUT2D eigenvalue weighted by atomic mass is 10.3. The molecule has 0 aliphatic carbocycles. The summed E-state index contributed by atoms with van der Waals surface area (Å²) in [7, 11) is -4.02. The lowest BCUT2D eigenvalue weighted by Gasteiger charge is -2.06. The van der Waals surface area contributed by atoms with Crippen LogP contribution in [0.25, 0.3) is 0 Å². The number of pyridine rings is 1. The predicted octanol–water partition coefficient (Wildman–Crippen LogP) is 1.31. The molecule has 18 heavy (non-hydrogen) atoms. The number of anilines is 1. The van der Waals surface area contributed by atoms with Crippen LogP contribution in [0.15, 0.2) is 52.4 Å². The van der Waals surface area contributed by atoms with Gasteiger partial charge in [0.05, 0.1) is 5.69 Å². The Morgan fingerprint density at radius 2 is 2.00 bits per heavy atom. The molecular weight excluding hydrogens is 259 g/mol. The van der Waals surface area contributed by atoms with Crippen LogP contribution in [0.5, 0.6) is 0 Å². The quantitative estimate of drug-likeness (QED) is 0.881. The number of aromatic amines is 1. The van der Waals surface area contributed by atoms with Crippen LogP contribution in [0.4, 0.5) is 10.1 Å². The van der Waals surface area contributed by atoms with Crippen LogP contribution in [-0.2, 0) is 10.0 Å². The highest BCUT2D eigenvalue weighted by molar-refractivity contribution is 7.92. The van der Waals surface area contributed by atoms with Crippen molar-refractivity contribution in [3.05, 3.63) is 58.8 Å². The SMILES string of the molecule is O=c1cc[nH]cc1S(=O)(=O)Nc1cccc(F)c1. The summed E-state index contributed by atoms with van der Waals surface area (Å²) in [5.74, 6) is -0.572. The number of nitrogens with one attached hydrogen (secondary N) is 2. The highest BCUT2D eigenvalue weighted by Crippen LogP contribution is 2.13. The van der Waals surface area contributed by atoms with Crippen molar-refractivity contribution in [2.45, 2.75) is 4.90 Å². The molecule has 0 bridgehead atoms. The van der Waals surface area contributed by atoms with Crippen molar-refractivity contribution in [2.75, 3.05) is 4.72 Å². The van der Waals surface area contributed by atoms with E-state index >= 15 is 0 Å². The van der Waals surface area contributed by atoms with Crippen molar-refractivity contribution in [3.8, 4) is 0 Å². The van der Waals surface area contributed by atoms with Crippen molar-refractivity contribution < 1.29 is 12.8 Å². The Kier molecular flexibility index (Phi) is 3.15. The van der Waals surface area contributed by atoms with Gasteiger partial charge >= 0.3 is 0 Å². The highest BCUT2D eigenvalue weighted by Gasteiger charge is 2.17. The summed E-state index contributed by atoms with van der Waals surface area (Å²) in [6, 6.07) is 6.06. The Hall–Kier alpha value is -2.15. The van der Waals surface area contributed by atoms with E-state index in [2.05, 4.69) is 9.71 Å². The first-order chi connectivity index (χ1) is 8.49. The van der Waals surface area contributed by atoms with Crippen LogP contribution < -0.4 is 10.2 Å². The van der Waals surface area contributed by atoms with E-state index < -0.39 is 26.2 Å². The molecule has 2 N–H and O–H groups in total. The topological polar surface area (TPSA) is 79.0 Å². The van der Waals surface area contributed by atoms with E-state index in [0.717, 1.165) is 18.3 Å². The zero-order valence-electron chi connectivity index (χ0n) is 9.05. The van der Waals surface area contributed by atoms with Crippen molar-refractivity contribution in [1.82, 2.24) is 4.98 Å². The van der Waals surface area contributed by atoms with E-state index in [1.54, 1.807) is 0 Å². The Labute approximate surface area is 102 Å². The van der Waals surface area contributed by atoms with Crippen LogP contribution in [0, 0.1) is 5.82 Å². The lowest BCUT2D eigenvalue weighted by molar-refractivity contribution is 0.600. The minimum Gasteiger partial charge on any atom is -0.366 e. The molecule has 5 nitrogen and oxygen atoms in total. The summed E-state index contributed by atoms with van der Waals surface area (Å²) in [4.78, 5) is 13.5. The summed E-state index contributed by atoms with van der Waals surface area (Å²) in [6.45, 7) is 0. The van der Waals surface area contributed by atoms with Gasteiger partial charge in [0.2, 0.25) is 5.43 Å². The summed E-state index contributed by atoms with van der Waals surface area (Å²) < 4.78 is 38.8. The number of aromatic nitrogens is 1. The molecule has 0 amide bonds. The van der Waals surface area contributed by atoms with Crippen LogP contribution in [0.3, 0.4) is 0 Å². The summed E-state index contributed by atoms with van der Waals surface area (Å²) >= 11 is 0. The van der Waals surface area contributed by atoms with Gasteiger partial charge in [-0.15, -0.1) is 0 Å². The first-order valence-corrected chi connectivity index (χ1v) is 6.43. The van der Waals surface area contributed by atoms with Crippen LogP contribution in [0.1, 0.15) is 0 Å². The molecule has 0 unspecified atom stereocenters. The fraction of sp³-hybridized carbons (Fsp3) is 0. The van der Waals surface area contributed by atoms with Gasteiger partial charge in [-0.3, -0.25) is 9.52 Å². The maximum atomic E-state index is 12.9. The number of benzene rings is 1. The largest absolute Gasteiger partial charge is 0.366 e. The molecule has 7 heteroatoms. The normalized spacial score (nSPS) is 11.2. The molecule has 0 spiro atoms. The van der Waals surface area contributed by atoms with Gasteiger partial charge < -0.3 is 4.98 Å². The van der Waals surface area contributed by atoms with Crippen molar-refractivity contribution in [3.63, 3.8) is 0 Å². The predicted molar refractivity (Wildman–Crippen MR) is 64.3 cm³/mol. The smallest absolute Gasteiger partial charge is 0.267 e. The summed E-state index contributed by atoms with van der Waals surface area (Å²) in [6.07, 6.45) is 2.40. The lowest BCUT2D eigenvalue weighted by Crippen LogP contribution is -2.20. The average Bonchev–Trinajstić information content (AvgIpc) is 2.28. The van der Waals surface area contributed by atoms with E-state index in [9.17, 15) is 17.6 Å². The molecule has 1 heterocycles. The molecule has 0 saturated carbocycles. The zero-order chi connectivity index (χ0) is 13.2. The molecule has 0 atom stereocenters. The van der Waals surface area contributed by atoms with E-state index in [0.29, 0.717) is 0 Å². The standard InChI is InChI=1S/C11H9FN2O3S/c12-8-2-1-3-9(6-8)14-18(16,17)11-7-13-5-4-10(11)15/h1-7,14H,(H,13,15). The van der Waals surface area contributed by atoms with Crippen LogP contribution >= 0.6 is 0 Å². The second-order valence-corrected chi connectivity index (χ2v) is 5.14. The van der Waals surface area contributed by atoms with E-state index in [1.807, 2.05) is 0 Å². The summed E-state index contributed by atoms with van der Waals surface area (Å²) in [5.41, 5.74) is -0.587. The Balaban J connectivity index is 2.40. The van der Waals surface area contributed by atoms with Gasteiger partial charge in [0, 0.05) is 18.5 Å². The third kappa shape index (κ3) is 2.57. The maximum Gasteiger partial charge on any atom is 0.267 e. The van der Waals surface area contributed by atoms with Crippen LogP contribution in [0.2, 0.25) is 0 Å². The fourth-order valence-corrected chi connectivity index (χ4v) is 2.48. The third-order valence-corrected chi connectivity index (χ3v) is 3.56. The number of rotatable bonds is 3. The zero-order valence-corrected chi connectivity index (χ0v) is 9.87. The minimum absolute atomic E-state index is 0.0539. The van der Waals surface area contributed by atoms with Gasteiger partial charge in [-0.25, -0.2) is 12.8 Å². The van der Waals surface area contributed by atoms with Gasteiger partial charge in [0.1, 0.15) is 5.82 Å². The van der Waals surface area contributed by atoms with Crippen molar-refractivity contribution in [2.24, 2.45) is 0 Å². The van der Waals surface area contributed by atoms with Gasteiger partial charge in [-0.05, 0) is 18.2 Å². The molecule has 0 aliphatic rings. The number of hydrogen-bond acceptors (Lipinski definition) is 3. The van der Waals surface area contributed by atoms with E-state index in [1.165, 1.54) is 24.4 Å². The molecule has 2 aromatic rings. The van der Waals surface area contributed by atoms with Gasteiger partial charge in [0.15, 0.2) is 4.90 Å². The van der Waals surface area contributed by atoms with Gasteiger partial charge in [-0.1, -0.05) is 6.07 Å². The van der Waals surface area contributed by atoms with E-state index in [-0.39, 0.29) is 5.69 Å². The number of halogens is 1. The molecule has 0 saturated heterocycles. The van der Waals surface area contributed by atoms with E-state index in [4.69, 9.17) is 0 Å². The monoisotopic (exact) mass is 268 g/mol. The Bertz CT molecular complexity index is 725. The molecular formula is C11H9FN2O3S. The molecule has 0 aliphatic heterocycles. The average molecular weight is 268 g/mol. The van der Waals surface area contributed by atoms with Crippen LogP contribution in [-0.4, -0.2) is 13.4 Å². The molecule has 2 rings (SSSR count).